The molecular formula is C16H26N2O4. The van der Waals surface area contributed by atoms with Crippen LogP contribution >= 0.6 is 0 Å². The van der Waals surface area contributed by atoms with Crippen molar-refractivity contribution in [1.29, 1.82) is 0 Å². The van der Waals surface area contributed by atoms with Gasteiger partial charge in [-0.3, -0.25) is 4.90 Å². The molecule has 0 unspecified atom stereocenters. The standard InChI is InChI=1S/C16H26N2O4/c1-10-8-18(9-12(21-10)15(19)20-6)11(2)14-17-7-13(22-14)16(3,4)5/h7,10-12H,8-9H2,1-6H3/t10-,11-,12-/m1/s1. The minimum absolute atomic E-state index is 0.0189. The molecule has 2 heterocycles. The third kappa shape index (κ3) is 3.67. The first-order valence-electron chi connectivity index (χ1n) is 7.66. The zero-order chi connectivity index (χ0) is 16.5. The summed E-state index contributed by atoms with van der Waals surface area (Å²) in [6, 6.07) is -0.0189. The molecule has 0 radical (unpaired) electrons. The highest BCUT2D eigenvalue weighted by Gasteiger charge is 2.35. The molecule has 1 aliphatic rings. The van der Waals surface area contributed by atoms with Crippen molar-refractivity contribution in [2.24, 2.45) is 0 Å². The second-order valence-corrected chi connectivity index (χ2v) is 6.90. The second kappa shape index (κ2) is 6.38. The van der Waals surface area contributed by atoms with Crippen LogP contribution in [-0.4, -0.2) is 48.3 Å². The molecule has 1 aliphatic heterocycles. The van der Waals surface area contributed by atoms with Gasteiger partial charge in [0.05, 0.1) is 25.5 Å². The van der Waals surface area contributed by atoms with Gasteiger partial charge in [0.15, 0.2) is 6.10 Å². The van der Waals surface area contributed by atoms with Crippen molar-refractivity contribution >= 4 is 5.97 Å². The number of ether oxygens (including phenoxy) is 2. The van der Waals surface area contributed by atoms with Crippen LogP contribution in [0.2, 0.25) is 0 Å². The molecule has 0 N–H and O–H groups in total. The number of morpholine rings is 1. The first-order chi connectivity index (χ1) is 10.2. The van der Waals surface area contributed by atoms with Crippen molar-refractivity contribution < 1.29 is 18.7 Å². The van der Waals surface area contributed by atoms with E-state index in [0.717, 1.165) is 12.3 Å². The van der Waals surface area contributed by atoms with E-state index >= 15 is 0 Å². The fourth-order valence-electron chi connectivity index (χ4n) is 2.55. The molecule has 0 saturated carbocycles. The summed E-state index contributed by atoms with van der Waals surface area (Å²) in [7, 11) is 1.38. The summed E-state index contributed by atoms with van der Waals surface area (Å²) in [6.45, 7) is 11.5. The van der Waals surface area contributed by atoms with E-state index in [1.807, 2.05) is 13.8 Å². The molecule has 1 fully saturated rings. The predicted molar refractivity (Wildman–Crippen MR) is 81.5 cm³/mol. The molecule has 1 aromatic heterocycles. The predicted octanol–water partition coefficient (Wildman–Crippen LogP) is 2.30. The minimum Gasteiger partial charge on any atom is -0.467 e. The largest absolute Gasteiger partial charge is 0.467 e. The molecule has 22 heavy (non-hydrogen) atoms. The van der Waals surface area contributed by atoms with Crippen molar-refractivity contribution in [3.05, 3.63) is 17.8 Å². The number of oxazole rings is 1. The van der Waals surface area contributed by atoms with Gasteiger partial charge in [-0.05, 0) is 13.8 Å². The molecule has 6 heteroatoms. The van der Waals surface area contributed by atoms with Crippen LogP contribution in [0.25, 0.3) is 0 Å². The van der Waals surface area contributed by atoms with Crippen LogP contribution in [-0.2, 0) is 19.7 Å². The number of carbonyl (C=O) groups is 1. The third-order valence-corrected chi connectivity index (χ3v) is 3.92. The van der Waals surface area contributed by atoms with Crippen LogP contribution in [0.3, 0.4) is 0 Å². The average Bonchev–Trinajstić information content (AvgIpc) is 2.94. The normalized spacial score (nSPS) is 25.0. The molecule has 6 nitrogen and oxygen atoms in total. The molecule has 124 valence electrons. The van der Waals surface area contributed by atoms with Crippen LogP contribution in [0.1, 0.15) is 52.3 Å². The van der Waals surface area contributed by atoms with Crippen LogP contribution in [0.15, 0.2) is 10.6 Å². The lowest BCUT2D eigenvalue weighted by atomic mass is 9.94. The van der Waals surface area contributed by atoms with E-state index in [1.165, 1.54) is 7.11 Å². The Labute approximate surface area is 131 Å². The first kappa shape index (κ1) is 17.0. The summed E-state index contributed by atoms with van der Waals surface area (Å²) >= 11 is 0. The van der Waals surface area contributed by atoms with Gasteiger partial charge < -0.3 is 13.9 Å². The number of methoxy groups -OCH3 is 1. The van der Waals surface area contributed by atoms with E-state index in [1.54, 1.807) is 6.20 Å². The van der Waals surface area contributed by atoms with Crippen LogP contribution in [0.4, 0.5) is 0 Å². The van der Waals surface area contributed by atoms with E-state index in [4.69, 9.17) is 13.9 Å². The Hall–Kier alpha value is -1.40. The Morgan fingerprint density at radius 3 is 2.68 bits per heavy atom. The van der Waals surface area contributed by atoms with Gasteiger partial charge in [-0.25, -0.2) is 9.78 Å². The monoisotopic (exact) mass is 310 g/mol. The lowest BCUT2D eigenvalue weighted by Crippen LogP contribution is -2.50. The zero-order valence-corrected chi connectivity index (χ0v) is 14.3. The summed E-state index contributed by atoms with van der Waals surface area (Å²) in [5.74, 6) is 1.19. The maximum absolute atomic E-state index is 11.7. The number of rotatable bonds is 3. The SMILES string of the molecule is COC(=O)[C@H]1CN([C@H](C)c2ncc(C(C)(C)C)o2)C[C@@H](C)O1. The van der Waals surface area contributed by atoms with Crippen LogP contribution in [0.5, 0.6) is 0 Å². The first-order valence-corrected chi connectivity index (χ1v) is 7.66. The minimum atomic E-state index is -0.562. The molecule has 1 aromatic rings. The maximum atomic E-state index is 11.7. The smallest absolute Gasteiger partial charge is 0.336 e. The van der Waals surface area contributed by atoms with Gasteiger partial charge >= 0.3 is 5.97 Å². The maximum Gasteiger partial charge on any atom is 0.336 e. The van der Waals surface area contributed by atoms with E-state index in [-0.39, 0.29) is 23.5 Å². The fraction of sp³-hybridized carbons (Fsp3) is 0.750. The van der Waals surface area contributed by atoms with E-state index in [0.29, 0.717) is 12.4 Å². The zero-order valence-electron chi connectivity index (χ0n) is 14.3. The summed E-state index contributed by atoms with van der Waals surface area (Å²) < 4.78 is 16.3. The van der Waals surface area contributed by atoms with Crippen molar-refractivity contribution in [3.63, 3.8) is 0 Å². The summed E-state index contributed by atoms with van der Waals surface area (Å²) in [6.07, 6.45) is 1.18. The average molecular weight is 310 g/mol. The molecule has 0 spiro atoms. The number of nitrogens with zero attached hydrogens (tertiary/aromatic N) is 2. The highest BCUT2D eigenvalue weighted by atomic mass is 16.6. The van der Waals surface area contributed by atoms with Gasteiger partial charge in [0.1, 0.15) is 5.76 Å². The molecule has 0 bridgehead atoms. The van der Waals surface area contributed by atoms with Gasteiger partial charge in [0.25, 0.3) is 0 Å². The highest BCUT2D eigenvalue weighted by Crippen LogP contribution is 2.28. The van der Waals surface area contributed by atoms with E-state index < -0.39 is 6.10 Å². The quantitative estimate of drug-likeness (QED) is 0.798. The Morgan fingerprint density at radius 2 is 2.14 bits per heavy atom. The number of hydrogen-bond donors (Lipinski definition) is 0. The number of carbonyl (C=O) groups excluding carboxylic acids is 1. The van der Waals surface area contributed by atoms with Crippen molar-refractivity contribution in [2.45, 2.75) is 58.3 Å². The van der Waals surface area contributed by atoms with Crippen molar-refractivity contribution in [1.82, 2.24) is 9.88 Å². The molecule has 0 amide bonds. The lowest BCUT2D eigenvalue weighted by Gasteiger charge is -2.37. The van der Waals surface area contributed by atoms with Crippen molar-refractivity contribution in [2.75, 3.05) is 20.2 Å². The van der Waals surface area contributed by atoms with Gasteiger partial charge in [0.2, 0.25) is 5.89 Å². The highest BCUT2D eigenvalue weighted by molar-refractivity contribution is 5.75. The van der Waals surface area contributed by atoms with E-state index in [9.17, 15) is 4.79 Å². The molecule has 0 aromatic carbocycles. The van der Waals surface area contributed by atoms with Gasteiger partial charge in [-0.1, -0.05) is 20.8 Å². The Bertz CT molecular complexity index is 520. The number of esters is 1. The Kier molecular flexibility index (Phi) is 4.92. The Balaban J connectivity index is 2.12. The number of aromatic nitrogens is 1. The lowest BCUT2D eigenvalue weighted by molar-refractivity contribution is -0.168. The van der Waals surface area contributed by atoms with E-state index in [2.05, 4.69) is 30.7 Å². The molecule has 3 atom stereocenters. The fourth-order valence-corrected chi connectivity index (χ4v) is 2.55. The molecule has 2 rings (SSSR count). The Morgan fingerprint density at radius 1 is 1.45 bits per heavy atom. The van der Waals surface area contributed by atoms with Gasteiger partial charge in [0, 0.05) is 18.5 Å². The molecule has 0 aliphatic carbocycles. The topological polar surface area (TPSA) is 64.8 Å². The van der Waals surface area contributed by atoms with Crippen molar-refractivity contribution in [3.8, 4) is 0 Å². The van der Waals surface area contributed by atoms with Gasteiger partial charge in [-0.2, -0.15) is 0 Å². The summed E-state index contributed by atoms with van der Waals surface area (Å²) in [5.41, 5.74) is -0.0716. The summed E-state index contributed by atoms with van der Waals surface area (Å²) in [4.78, 5) is 18.3. The van der Waals surface area contributed by atoms with Gasteiger partial charge in [-0.15, -0.1) is 0 Å². The van der Waals surface area contributed by atoms with Crippen LogP contribution < -0.4 is 0 Å². The van der Waals surface area contributed by atoms with Crippen LogP contribution in [0, 0.1) is 0 Å². The molecular weight excluding hydrogens is 284 g/mol. The summed E-state index contributed by atoms with van der Waals surface area (Å²) in [5, 5.41) is 0. The third-order valence-electron chi connectivity index (χ3n) is 3.92. The second-order valence-electron chi connectivity index (χ2n) is 6.90. The number of hydrogen-bond acceptors (Lipinski definition) is 6. The molecule has 1 saturated heterocycles.